The molecule has 0 atom stereocenters. The molecule has 3 aromatic rings. The summed E-state index contributed by atoms with van der Waals surface area (Å²) in [6.07, 6.45) is 2.36. The second-order valence-corrected chi connectivity index (χ2v) is 6.23. The van der Waals surface area contributed by atoms with Crippen LogP contribution < -0.4 is 4.74 Å². The summed E-state index contributed by atoms with van der Waals surface area (Å²) in [4.78, 5) is 18.2. The van der Waals surface area contributed by atoms with Gasteiger partial charge in [-0.25, -0.2) is 4.98 Å². The molecule has 0 unspecified atom stereocenters. The summed E-state index contributed by atoms with van der Waals surface area (Å²) >= 11 is 0. The second-order valence-electron chi connectivity index (χ2n) is 6.23. The number of rotatable bonds is 7. The third-order valence-electron chi connectivity index (χ3n) is 4.31. The maximum atomic E-state index is 12.3. The van der Waals surface area contributed by atoms with Crippen LogP contribution in [0.1, 0.15) is 17.9 Å². The van der Waals surface area contributed by atoms with Crippen LogP contribution in [0.4, 0.5) is 0 Å². The van der Waals surface area contributed by atoms with Crippen LogP contribution in [0.2, 0.25) is 0 Å². The fraction of sp³-hybridized carbons (Fsp3) is 0.238. The monoisotopic (exact) mass is 366 g/mol. The van der Waals surface area contributed by atoms with E-state index in [-0.39, 0.29) is 18.1 Å². The minimum Gasteiger partial charge on any atom is -0.508 e. The van der Waals surface area contributed by atoms with E-state index in [0.29, 0.717) is 30.2 Å². The number of hydrogen-bond donors (Lipinski definition) is 1. The molecule has 1 heterocycles. The van der Waals surface area contributed by atoms with Crippen LogP contribution >= 0.6 is 0 Å². The lowest BCUT2D eigenvalue weighted by Gasteiger charge is -2.17. The third-order valence-corrected chi connectivity index (χ3v) is 4.31. The van der Waals surface area contributed by atoms with E-state index < -0.39 is 0 Å². The number of aromatic hydroxyl groups is 1. The zero-order chi connectivity index (χ0) is 19.2. The van der Waals surface area contributed by atoms with Crippen molar-refractivity contribution in [3.63, 3.8) is 0 Å². The summed E-state index contributed by atoms with van der Waals surface area (Å²) in [6.45, 7) is 0.355. The minimum atomic E-state index is -0.0394. The number of phenols is 1. The molecule has 0 aliphatic rings. The lowest BCUT2D eigenvalue weighted by molar-refractivity contribution is -0.130. The standard InChI is InChI=1S/C21H22N2O4/c1-23(14-16-5-3-4-6-18(16)24)21(25)12-11-20-22-13-19(27-20)15-7-9-17(26-2)10-8-15/h3-10,13,24H,11-12,14H2,1-2H3. The maximum absolute atomic E-state index is 12.3. The van der Waals surface area contributed by atoms with Crippen molar-refractivity contribution < 1.29 is 19.1 Å². The number of carbonyl (C=O) groups excluding carboxylic acids is 1. The van der Waals surface area contributed by atoms with Gasteiger partial charge in [-0.2, -0.15) is 0 Å². The van der Waals surface area contributed by atoms with Gasteiger partial charge in [0.05, 0.1) is 13.3 Å². The highest BCUT2D eigenvalue weighted by molar-refractivity contribution is 5.76. The van der Waals surface area contributed by atoms with Gasteiger partial charge in [0.25, 0.3) is 0 Å². The largest absolute Gasteiger partial charge is 0.508 e. The van der Waals surface area contributed by atoms with Crippen LogP contribution in [-0.4, -0.2) is 35.1 Å². The molecule has 0 aliphatic carbocycles. The Labute approximate surface area is 158 Å². The molecule has 0 spiro atoms. The smallest absolute Gasteiger partial charge is 0.223 e. The molecule has 2 aromatic carbocycles. The molecule has 0 fully saturated rings. The van der Waals surface area contributed by atoms with Crippen molar-refractivity contribution >= 4 is 5.91 Å². The van der Waals surface area contributed by atoms with Crippen molar-refractivity contribution in [1.82, 2.24) is 9.88 Å². The molecule has 6 heteroatoms. The van der Waals surface area contributed by atoms with E-state index in [9.17, 15) is 9.90 Å². The molecule has 0 saturated heterocycles. The predicted octanol–water partition coefficient (Wildman–Crippen LogP) is 3.65. The Kier molecular flexibility index (Phi) is 5.76. The first-order valence-corrected chi connectivity index (χ1v) is 8.67. The van der Waals surface area contributed by atoms with Gasteiger partial charge in [0.15, 0.2) is 11.7 Å². The number of nitrogens with zero attached hydrogens (tertiary/aromatic N) is 2. The van der Waals surface area contributed by atoms with E-state index in [0.717, 1.165) is 11.3 Å². The Hall–Kier alpha value is -3.28. The van der Waals surface area contributed by atoms with Gasteiger partial charge in [0.1, 0.15) is 11.5 Å². The number of ether oxygens (including phenoxy) is 1. The fourth-order valence-corrected chi connectivity index (χ4v) is 2.71. The summed E-state index contributed by atoms with van der Waals surface area (Å²) in [5, 5.41) is 9.82. The first-order chi connectivity index (χ1) is 13.1. The van der Waals surface area contributed by atoms with Crippen molar-refractivity contribution in [3.05, 3.63) is 66.2 Å². The van der Waals surface area contributed by atoms with Crippen molar-refractivity contribution in [2.24, 2.45) is 0 Å². The van der Waals surface area contributed by atoms with E-state index in [2.05, 4.69) is 4.98 Å². The first kappa shape index (κ1) is 18.5. The van der Waals surface area contributed by atoms with Gasteiger partial charge < -0.3 is 19.2 Å². The van der Waals surface area contributed by atoms with Crippen LogP contribution in [0.15, 0.2) is 59.1 Å². The Morgan fingerprint density at radius 1 is 1.19 bits per heavy atom. The Balaban J connectivity index is 1.56. The van der Waals surface area contributed by atoms with Crippen molar-refractivity contribution in [3.8, 4) is 22.8 Å². The number of benzene rings is 2. The van der Waals surface area contributed by atoms with Gasteiger partial charge in [0, 0.05) is 37.6 Å². The topological polar surface area (TPSA) is 75.8 Å². The summed E-state index contributed by atoms with van der Waals surface area (Å²) in [7, 11) is 3.34. The summed E-state index contributed by atoms with van der Waals surface area (Å²) in [5.74, 6) is 2.10. The highest BCUT2D eigenvalue weighted by atomic mass is 16.5. The van der Waals surface area contributed by atoms with E-state index in [4.69, 9.17) is 9.15 Å². The summed E-state index contributed by atoms with van der Waals surface area (Å²) < 4.78 is 10.9. The van der Waals surface area contributed by atoms with Crippen LogP contribution in [0, 0.1) is 0 Å². The van der Waals surface area contributed by atoms with E-state index >= 15 is 0 Å². The van der Waals surface area contributed by atoms with Gasteiger partial charge in [-0.1, -0.05) is 18.2 Å². The number of oxazole rings is 1. The fourth-order valence-electron chi connectivity index (χ4n) is 2.71. The Morgan fingerprint density at radius 3 is 2.63 bits per heavy atom. The summed E-state index contributed by atoms with van der Waals surface area (Å²) in [5.41, 5.74) is 1.61. The summed E-state index contributed by atoms with van der Waals surface area (Å²) in [6, 6.07) is 14.5. The predicted molar refractivity (Wildman–Crippen MR) is 101 cm³/mol. The molecule has 1 N–H and O–H groups in total. The van der Waals surface area contributed by atoms with Gasteiger partial charge in [-0.15, -0.1) is 0 Å². The van der Waals surface area contributed by atoms with Crippen LogP contribution in [-0.2, 0) is 17.8 Å². The molecule has 1 amide bonds. The Morgan fingerprint density at radius 2 is 1.93 bits per heavy atom. The number of carbonyl (C=O) groups is 1. The minimum absolute atomic E-state index is 0.0394. The lowest BCUT2D eigenvalue weighted by atomic mass is 10.2. The van der Waals surface area contributed by atoms with Crippen LogP contribution in [0.5, 0.6) is 11.5 Å². The molecule has 0 radical (unpaired) electrons. The average molecular weight is 366 g/mol. The molecule has 0 saturated carbocycles. The number of aromatic nitrogens is 1. The van der Waals surface area contributed by atoms with Gasteiger partial charge in [-0.3, -0.25) is 4.79 Å². The third kappa shape index (κ3) is 4.67. The number of para-hydroxylation sites is 1. The SMILES string of the molecule is COc1ccc(-c2cnc(CCC(=O)N(C)Cc3ccccc3O)o2)cc1. The highest BCUT2D eigenvalue weighted by Crippen LogP contribution is 2.23. The molecule has 6 nitrogen and oxygen atoms in total. The maximum Gasteiger partial charge on any atom is 0.223 e. The number of methoxy groups -OCH3 is 1. The normalized spacial score (nSPS) is 10.6. The quantitative estimate of drug-likeness (QED) is 0.691. The van der Waals surface area contributed by atoms with E-state index in [1.54, 1.807) is 43.5 Å². The van der Waals surface area contributed by atoms with E-state index in [1.165, 1.54) is 0 Å². The van der Waals surface area contributed by atoms with Crippen LogP contribution in [0.3, 0.4) is 0 Å². The van der Waals surface area contributed by atoms with Gasteiger partial charge in [-0.05, 0) is 30.3 Å². The molecule has 1 aromatic heterocycles. The molecule has 27 heavy (non-hydrogen) atoms. The molecule has 140 valence electrons. The molecular formula is C21H22N2O4. The number of hydrogen-bond acceptors (Lipinski definition) is 5. The molecular weight excluding hydrogens is 344 g/mol. The van der Waals surface area contributed by atoms with Crippen molar-refractivity contribution in [2.45, 2.75) is 19.4 Å². The van der Waals surface area contributed by atoms with Crippen molar-refractivity contribution in [1.29, 1.82) is 0 Å². The van der Waals surface area contributed by atoms with Gasteiger partial charge >= 0.3 is 0 Å². The molecule has 0 bridgehead atoms. The second kappa shape index (κ2) is 8.40. The van der Waals surface area contributed by atoms with Gasteiger partial charge in [0.2, 0.25) is 5.91 Å². The molecule has 3 rings (SSSR count). The highest BCUT2D eigenvalue weighted by Gasteiger charge is 2.14. The number of amides is 1. The number of aryl methyl sites for hydroxylation is 1. The zero-order valence-electron chi connectivity index (χ0n) is 15.4. The van der Waals surface area contributed by atoms with Crippen molar-refractivity contribution in [2.75, 3.05) is 14.2 Å². The molecule has 0 aliphatic heterocycles. The van der Waals surface area contributed by atoms with Crippen LogP contribution in [0.25, 0.3) is 11.3 Å². The number of phenolic OH excluding ortho intramolecular Hbond substituents is 1. The Bertz CT molecular complexity index is 903. The average Bonchev–Trinajstić information content (AvgIpc) is 3.17. The van der Waals surface area contributed by atoms with E-state index in [1.807, 2.05) is 30.3 Å². The lowest BCUT2D eigenvalue weighted by Crippen LogP contribution is -2.26. The first-order valence-electron chi connectivity index (χ1n) is 8.67. The zero-order valence-corrected chi connectivity index (χ0v) is 15.4.